The van der Waals surface area contributed by atoms with Gasteiger partial charge in [0.1, 0.15) is 6.54 Å². The Morgan fingerprint density at radius 3 is 2.62 bits per heavy atom. The van der Waals surface area contributed by atoms with Crippen molar-refractivity contribution in [2.75, 3.05) is 39.0 Å². The summed E-state index contributed by atoms with van der Waals surface area (Å²) in [4.78, 5) is 39.7. The lowest BCUT2D eigenvalue weighted by Crippen LogP contribution is -2.42. The lowest BCUT2D eigenvalue weighted by atomic mass is 10.2. The van der Waals surface area contributed by atoms with Gasteiger partial charge in [0.2, 0.25) is 11.8 Å². The molecular formula is C16H21N3O4S. The first-order valence-corrected chi connectivity index (χ1v) is 8.45. The summed E-state index contributed by atoms with van der Waals surface area (Å²) < 4.78 is 0. The smallest absolute Gasteiger partial charge is 0.323 e. The molecule has 8 heteroatoms. The van der Waals surface area contributed by atoms with E-state index in [4.69, 9.17) is 5.11 Å². The molecule has 2 rings (SSSR count). The second kappa shape index (κ2) is 8.16. The Balaban J connectivity index is 2.03. The van der Waals surface area contributed by atoms with Crippen molar-refractivity contribution in [3.8, 4) is 0 Å². The van der Waals surface area contributed by atoms with Gasteiger partial charge in [-0.05, 0) is 26.2 Å². The molecule has 1 heterocycles. The predicted octanol–water partition coefficient (Wildman–Crippen LogP) is 0.964. The van der Waals surface area contributed by atoms with Gasteiger partial charge in [0.05, 0.1) is 10.9 Å². The van der Waals surface area contributed by atoms with Crippen LogP contribution < -0.4 is 5.32 Å². The Hall–Kier alpha value is -2.06. The number of nitrogens with zero attached hydrogens (tertiary/aromatic N) is 2. The summed E-state index contributed by atoms with van der Waals surface area (Å²) in [5.74, 6) is -1.62. The van der Waals surface area contributed by atoms with Gasteiger partial charge in [-0.25, -0.2) is 0 Å². The fourth-order valence-corrected chi connectivity index (χ4v) is 3.39. The lowest BCUT2D eigenvalue weighted by molar-refractivity contribution is -0.144. The van der Waals surface area contributed by atoms with Crippen LogP contribution in [0, 0.1) is 0 Å². The molecule has 24 heavy (non-hydrogen) atoms. The average Bonchev–Trinajstić information content (AvgIpc) is 2.51. The number of carbonyl (C=O) groups is 3. The number of anilines is 1. The highest BCUT2D eigenvalue weighted by molar-refractivity contribution is 8.01. The van der Waals surface area contributed by atoms with Crippen LogP contribution in [0.4, 0.5) is 5.69 Å². The van der Waals surface area contributed by atoms with Gasteiger partial charge in [-0.1, -0.05) is 12.1 Å². The first kappa shape index (κ1) is 18.3. The largest absolute Gasteiger partial charge is 0.480 e. The number of likely N-dealkylation sites (N-methyl/N-ethyl adjacent to an activating group) is 1. The minimum Gasteiger partial charge on any atom is -0.480 e. The van der Waals surface area contributed by atoms with Gasteiger partial charge in [0.15, 0.2) is 0 Å². The first-order chi connectivity index (χ1) is 11.4. The number of benzene rings is 1. The molecule has 0 unspecified atom stereocenters. The van der Waals surface area contributed by atoms with E-state index in [1.54, 1.807) is 0 Å². The first-order valence-electron chi connectivity index (χ1n) is 7.57. The number of fused-ring (bicyclic) bond motifs is 1. The van der Waals surface area contributed by atoms with Gasteiger partial charge < -0.3 is 20.2 Å². The second-order valence-corrected chi connectivity index (χ2v) is 7.05. The van der Waals surface area contributed by atoms with E-state index in [0.717, 1.165) is 10.6 Å². The van der Waals surface area contributed by atoms with E-state index in [2.05, 4.69) is 5.32 Å². The van der Waals surface area contributed by atoms with Crippen molar-refractivity contribution in [1.82, 2.24) is 9.80 Å². The molecule has 1 aromatic carbocycles. The highest BCUT2D eigenvalue weighted by Gasteiger charge is 2.30. The third kappa shape index (κ3) is 4.97. The molecule has 2 N–H and O–H groups in total. The third-order valence-electron chi connectivity index (χ3n) is 3.56. The SMILES string of the molecule is CN(C)CCN(CC(=O)O)C(=O)C[C@@H]1Sc2ccccc2NC1=O. The van der Waals surface area contributed by atoms with Crippen LogP contribution in [-0.2, 0) is 14.4 Å². The van der Waals surface area contributed by atoms with E-state index in [0.29, 0.717) is 13.1 Å². The number of aliphatic carboxylic acids is 1. The normalized spacial score (nSPS) is 16.5. The molecule has 0 bridgehead atoms. The van der Waals surface area contributed by atoms with Crippen LogP contribution in [0.1, 0.15) is 6.42 Å². The molecule has 1 aliphatic heterocycles. The number of hydrogen-bond donors (Lipinski definition) is 2. The van der Waals surface area contributed by atoms with E-state index in [1.165, 1.54) is 16.7 Å². The summed E-state index contributed by atoms with van der Waals surface area (Å²) in [5, 5.41) is 11.2. The Labute approximate surface area is 145 Å². The van der Waals surface area contributed by atoms with E-state index in [1.807, 2.05) is 43.3 Å². The van der Waals surface area contributed by atoms with Crippen molar-refractivity contribution < 1.29 is 19.5 Å². The molecule has 0 spiro atoms. The minimum atomic E-state index is -1.06. The van der Waals surface area contributed by atoms with E-state index >= 15 is 0 Å². The number of nitrogens with one attached hydrogen (secondary N) is 1. The second-order valence-electron chi connectivity index (χ2n) is 5.81. The monoisotopic (exact) mass is 351 g/mol. The Morgan fingerprint density at radius 2 is 1.96 bits per heavy atom. The molecule has 130 valence electrons. The standard InChI is InChI=1S/C16H21N3O4S/c1-18(2)7-8-19(10-15(21)22)14(20)9-13-16(23)17-11-5-3-4-6-12(11)24-13/h3-6,13H,7-10H2,1-2H3,(H,17,23)(H,21,22)/t13-/m0/s1. The molecule has 0 radical (unpaired) electrons. The summed E-state index contributed by atoms with van der Waals surface area (Å²) in [6.45, 7) is 0.516. The summed E-state index contributed by atoms with van der Waals surface area (Å²) in [5.41, 5.74) is 0.742. The van der Waals surface area contributed by atoms with Crippen molar-refractivity contribution in [1.29, 1.82) is 0 Å². The summed E-state index contributed by atoms with van der Waals surface area (Å²) in [6.07, 6.45) is -0.0223. The van der Waals surface area contributed by atoms with Gasteiger partial charge in [-0.15, -0.1) is 11.8 Å². The van der Waals surface area contributed by atoms with E-state index in [-0.39, 0.29) is 24.8 Å². The number of amides is 2. The Kier molecular flexibility index (Phi) is 6.22. The van der Waals surface area contributed by atoms with Crippen molar-refractivity contribution in [2.45, 2.75) is 16.6 Å². The topological polar surface area (TPSA) is 89.9 Å². The van der Waals surface area contributed by atoms with E-state index in [9.17, 15) is 14.4 Å². The lowest BCUT2D eigenvalue weighted by Gasteiger charge is -2.27. The number of hydrogen-bond acceptors (Lipinski definition) is 5. The van der Waals surface area contributed by atoms with Crippen molar-refractivity contribution in [3.63, 3.8) is 0 Å². The minimum absolute atomic E-state index is 0.0223. The zero-order chi connectivity index (χ0) is 17.7. The van der Waals surface area contributed by atoms with E-state index < -0.39 is 11.2 Å². The zero-order valence-electron chi connectivity index (χ0n) is 13.7. The van der Waals surface area contributed by atoms with Gasteiger partial charge in [0.25, 0.3) is 0 Å². The average molecular weight is 351 g/mol. The van der Waals surface area contributed by atoms with Gasteiger partial charge in [-0.2, -0.15) is 0 Å². The van der Waals surface area contributed by atoms with Gasteiger partial charge >= 0.3 is 5.97 Å². The molecule has 0 saturated carbocycles. The molecule has 1 atom stereocenters. The number of carboxylic acids is 1. The maximum absolute atomic E-state index is 12.5. The summed E-state index contributed by atoms with van der Waals surface area (Å²) >= 11 is 1.34. The molecule has 0 aliphatic carbocycles. The molecule has 2 amide bonds. The Bertz CT molecular complexity index is 636. The molecule has 0 aromatic heterocycles. The van der Waals surface area contributed by atoms with Gasteiger partial charge in [-0.3, -0.25) is 14.4 Å². The van der Waals surface area contributed by atoms with Crippen LogP contribution in [-0.4, -0.2) is 71.7 Å². The molecule has 7 nitrogen and oxygen atoms in total. The fourth-order valence-electron chi connectivity index (χ4n) is 2.29. The fraction of sp³-hybridized carbons (Fsp3) is 0.438. The quantitative estimate of drug-likeness (QED) is 0.761. The molecule has 1 aliphatic rings. The highest BCUT2D eigenvalue weighted by Crippen LogP contribution is 2.36. The van der Waals surface area contributed by atoms with Crippen LogP contribution in [0.25, 0.3) is 0 Å². The molecular weight excluding hydrogens is 330 g/mol. The number of carbonyl (C=O) groups excluding carboxylic acids is 2. The molecule has 0 saturated heterocycles. The van der Waals surface area contributed by atoms with Crippen LogP contribution in [0.3, 0.4) is 0 Å². The number of thioether (sulfide) groups is 1. The van der Waals surface area contributed by atoms with Crippen LogP contribution in [0.5, 0.6) is 0 Å². The van der Waals surface area contributed by atoms with Crippen molar-refractivity contribution in [3.05, 3.63) is 24.3 Å². The molecule has 1 aromatic rings. The number of rotatable bonds is 7. The number of carboxylic acid groups (broad SMARTS) is 1. The predicted molar refractivity (Wildman–Crippen MR) is 92.1 cm³/mol. The zero-order valence-corrected chi connectivity index (χ0v) is 14.5. The number of para-hydroxylation sites is 1. The van der Waals surface area contributed by atoms with Crippen LogP contribution in [0.2, 0.25) is 0 Å². The third-order valence-corrected chi connectivity index (χ3v) is 4.84. The van der Waals surface area contributed by atoms with Crippen LogP contribution in [0.15, 0.2) is 29.2 Å². The summed E-state index contributed by atoms with van der Waals surface area (Å²) in [7, 11) is 3.70. The van der Waals surface area contributed by atoms with Gasteiger partial charge in [0, 0.05) is 24.4 Å². The van der Waals surface area contributed by atoms with Crippen molar-refractivity contribution in [2.24, 2.45) is 0 Å². The maximum atomic E-state index is 12.5. The Morgan fingerprint density at radius 1 is 1.25 bits per heavy atom. The van der Waals surface area contributed by atoms with Crippen LogP contribution >= 0.6 is 11.8 Å². The summed E-state index contributed by atoms with van der Waals surface area (Å²) in [6, 6.07) is 7.40. The van der Waals surface area contributed by atoms with Crippen molar-refractivity contribution >= 4 is 35.2 Å². The maximum Gasteiger partial charge on any atom is 0.323 e. The molecule has 0 fully saturated rings. The highest BCUT2D eigenvalue weighted by atomic mass is 32.2.